The van der Waals surface area contributed by atoms with Gasteiger partial charge in [0.15, 0.2) is 5.78 Å². The van der Waals surface area contributed by atoms with E-state index in [4.69, 9.17) is 0 Å². The number of fused-ring (bicyclic) bond motifs is 1. The maximum absolute atomic E-state index is 12.8. The number of pyridine rings is 1. The Morgan fingerprint density at radius 3 is 2.85 bits per heavy atom. The second kappa shape index (κ2) is 7.12. The molecule has 1 fully saturated rings. The van der Waals surface area contributed by atoms with Crippen LogP contribution in [-0.2, 0) is 11.2 Å². The minimum Gasteiger partial charge on any atom is -0.361 e. The van der Waals surface area contributed by atoms with E-state index >= 15 is 0 Å². The highest BCUT2D eigenvalue weighted by atomic mass is 16.2. The van der Waals surface area contributed by atoms with Crippen LogP contribution in [0, 0.1) is 5.92 Å². The third-order valence-electron chi connectivity index (χ3n) is 5.08. The summed E-state index contributed by atoms with van der Waals surface area (Å²) in [7, 11) is 0. The number of hydrogen-bond acceptors (Lipinski definition) is 3. The lowest BCUT2D eigenvalue weighted by Gasteiger charge is -2.32. The van der Waals surface area contributed by atoms with Crippen molar-refractivity contribution in [2.75, 3.05) is 13.1 Å². The number of nitrogens with zero attached hydrogens (tertiary/aromatic N) is 2. The number of H-pyrrole nitrogens is 1. The highest BCUT2D eigenvalue weighted by Gasteiger charge is 2.29. The molecule has 1 amide bonds. The molecule has 0 saturated carbocycles. The van der Waals surface area contributed by atoms with E-state index in [1.165, 1.54) is 0 Å². The molecule has 0 unspecified atom stereocenters. The third-order valence-corrected chi connectivity index (χ3v) is 5.08. The summed E-state index contributed by atoms with van der Waals surface area (Å²) < 4.78 is 0. The van der Waals surface area contributed by atoms with Crippen molar-refractivity contribution in [2.45, 2.75) is 19.3 Å². The van der Waals surface area contributed by atoms with E-state index in [-0.39, 0.29) is 17.6 Å². The Morgan fingerprint density at radius 1 is 1.15 bits per heavy atom. The molecule has 1 saturated heterocycles. The summed E-state index contributed by atoms with van der Waals surface area (Å²) in [4.78, 5) is 34.7. The first-order chi connectivity index (χ1) is 12.7. The number of benzene rings is 1. The van der Waals surface area contributed by atoms with Gasteiger partial charge in [0, 0.05) is 42.3 Å². The topological polar surface area (TPSA) is 66.1 Å². The number of amides is 1. The van der Waals surface area contributed by atoms with Crippen LogP contribution in [0.4, 0.5) is 0 Å². The summed E-state index contributed by atoms with van der Waals surface area (Å²) in [6, 6.07) is 13.4. The van der Waals surface area contributed by atoms with Crippen molar-refractivity contribution in [1.82, 2.24) is 14.9 Å². The van der Waals surface area contributed by atoms with Crippen LogP contribution in [0.25, 0.3) is 10.9 Å². The summed E-state index contributed by atoms with van der Waals surface area (Å²) in [5.41, 5.74) is 2.53. The second-order valence-electron chi connectivity index (χ2n) is 6.79. The van der Waals surface area contributed by atoms with E-state index in [1.54, 1.807) is 18.3 Å². The lowest BCUT2D eigenvalue weighted by molar-refractivity contribution is -0.131. The van der Waals surface area contributed by atoms with Gasteiger partial charge in [-0.3, -0.25) is 14.6 Å². The van der Waals surface area contributed by atoms with Gasteiger partial charge in [0.25, 0.3) is 0 Å². The first-order valence-electron chi connectivity index (χ1n) is 9.00. The van der Waals surface area contributed by atoms with Crippen molar-refractivity contribution >= 4 is 22.6 Å². The molecule has 1 aromatic carbocycles. The largest absolute Gasteiger partial charge is 0.361 e. The lowest BCUT2D eigenvalue weighted by atomic mass is 9.91. The monoisotopic (exact) mass is 347 g/mol. The Bertz CT molecular complexity index is 933. The van der Waals surface area contributed by atoms with Crippen molar-refractivity contribution in [2.24, 2.45) is 5.92 Å². The molecule has 0 spiro atoms. The standard InChI is InChI=1S/C21H21N3O2/c25-20(12-16-13-23-18-8-2-1-7-17(16)18)24-11-5-6-15(14-24)21(26)19-9-3-4-10-22-19/h1-4,7-10,13,15,23H,5-6,11-12,14H2/t15-/m0/s1. The molecule has 3 heterocycles. The molecule has 1 N–H and O–H groups in total. The van der Waals surface area contributed by atoms with Crippen LogP contribution in [0.1, 0.15) is 28.9 Å². The van der Waals surface area contributed by atoms with Crippen LogP contribution in [0.15, 0.2) is 54.9 Å². The zero-order valence-corrected chi connectivity index (χ0v) is 14.5. The van der Waals surface area contributed by atoms with Crippen LogP contribution in [-0.4, -0.2) is 39.6 Å². The number of likely N-dealkylation sites (tertiary alicyclic amines) is 1. The molecule has 26 heavy (non-hydrogen) atoms. The molecule has 132 valence electrons. The SMILES string of the molecule is O=C(c1ccccn1)[C@H]1CCCN(C(=O)Cc2c[nH]c3ccccc23)C1. The van der Waals surface area contributed by atoms with Gasteiger partial charge in [-0.1, -0.05) is 24.3 Å². The van der Waals surface area contributed by atoms with Crippen LogP contribution in [0.3, 0.4) is 0 Å². The van der Waals surface area contributed by atoms with Gasteiger partial charge in [-0.25, -0.2) is 0 Å². The van der Waals surface area contributed by atoms with Gasteiger partial charge >= 0.3 is 0 Å². The van der Waals surface area contributed by atoms with E-state index in [1.807, 2.05) is 41.4 Å². The number of piperidine rings is 1. The molecule has 1 atom stereocenters. The Balaban J connectivity index is 1.46. The number of hydrogen-bond donors (Lipinski definition) is 1. The highest BCUT2D eigenvalue weighted by molar-refractivity contribution is 5.96. The van der Waals surface area contributed by atoms with E-state index in [9.17, 15) is 9.59 Å². The van der Waals surface area contributed by atoms with Crippen LogP contribution in [0.2, 0.25) is 0 Å². The molecule has 3 aromatic rings. The van der Waals surface area contributed by atoms with Gasteiger partial charge in [0.1, 0.15) is 5.69 Å². The minimum absolute atomic E-state index is 0.0372. The first kappa shape index (κ1) is 16.5. The number of nitrogens with one attached hydrogen (secondary N) is 1. The normalized spacial score (nSPS) is 17.4. The quantitative estimate of drug-likeness (QED) is 0.737. The summed E-state index contributed by atoms with van der Waals surface area (Å²) in [6.45, 7) is 1.20. The van der Waals surface area contributed by atoms with Crippen LogP contribution >= 0.6 is 0 Å². The minimum atomic E-state index is -0.162. The zero-order valence-electron chi connectivity index (χ0n) is 14.5. The Kier molecular flexibility index (Phi) is 4.52. The first-order valence-corrected chi connectivity index (χ1v) is 9.00. The van der Waals surface area contributed by atoms with Gasteiger partial charge in [0.2, 0.25) is 5.91 Å². The van der Waals surface area contributed by atoms with E-state index in [0.717, 1.165) is 29.3 Å². The van der Waals surface area contributed by atoms with E-state index in [0.29, 0.717) is 25.2 Å². The van der Waals surface area contributed by atoms with E-state index in [2.05, 4.69) is 9.97 Å². The molecule has 1 aliphatic heterocycles. The molecule has 0 radical (unpaired) electrons. The fourth-order valence-corrected chi connectivity index (χ4v) is 3.69. The van der Waals surface area contributed by atoms with Crippen molar-refractivity contribution in [1.29, 1.82) is 0 Å². The molecule has 4 rings (SSSR count). The molecule has 0 bridgehead atoms. The van der Waals surface area contributed by atoms with Gasteiger partial charge in [0.05, 0.1) is 6.42 Å². The third kappa shape index (κ3) is 3.25. The fraction of sp³-hybridized carbons (Fsp3) is 0.286. The number of rotatable bonds is 4. The maximum atomic E-state index is 12.8. The molecular weight excluding hydrogens is 326 g/mol. The Morgan fingerprint density at radius 2 is 2.00 bits per heavy atom. The fourth-order valence-electron chi connectivity index (χ4n) is 3.69. The van der Waals surface area contributed by atoms with Crippen molar-refractivity contribution in [3.05, 3.63) is 66.1 Å². The number of carbonyl (C=O) groups is 2. The zero-order chi connectivity index (χ0) is 17.9. The van der Waals surface area contributed by atoms with E-state index < -0.39 is 0 Å². The summed E-state index contributed by atoms with van der Waals surface area (Å²) in [5, 5.41) is 1.08. The number of aromatic nitrogens is 2. The average molecular weight is 347 g/mol. The Labute approximate surface area is 152 Å². The van der Waals surface area contributed by atoms with Gasteiger partial charge in [-0.15, -0.1) is 0 Å². The Hall–Kier alpha value is -2.95. The number of carbonyl (C=O) groups excluding carboxylic acids is 2. The lowest BCUT2D eigenvalue weighted by Crippen LogP contribution is -2.43. The molecule has 5 heteroatoms. The van der Waals surface area contributed by atoms with Gasteiger partial charge < -0.3 is 9.88 Å². The van der Waals surface area contributed by atoms with Crippen molar-refractivity contribution in [3.63, 3.8) is 0 Å². The number of aromatic amines is 1. The predicted molar refractivity (Wildman–Crippen MR) is 99.9 cm³/mol. The number of ketones is 1. The predicted octanol–water partition coefficient (Wildman–Crippen LogP) is 3.23. The smallest absolute Gasteiger partial charge is 0.227 e. The molecule has 0 aliphatic carbocycles. The van der Waals surface area contributed by atoms with Crippen LogP contribution < -0.4 is 0 Å². The molecule has 2 aromatic heterocycles. The second-order valence-corrected chi connectivity index (χ2v) is 6.79. The maximum Gasteiger partial charge on any atom is 0.227 e. The van der Waals surface area contributed by atoms with Crippen LogP contribution in [0.5, 0.6) is 0 Å². The van der Waals surface area contributed by atoms with Gasteiger partial charge in [-0.2, -0.15) is 0 Å². The molecule has 5 nitrogen and oxygen atoms in total. The summed E-state index contributed by atoms with van der Waals surface area (Å²) in [6.07, 6.45) is 5.56. The highest BCUT2D eigenvalue weighted by Crippen LogP contribution is 2.23. The summed E-state index contributed by atoms with van der Waals surface area (Å²) in [5.74, 6) is -0.0472. The average Bonchev–Trinajstić information content (AvgIpc) is 3.11. The summed E-state index contributed by atoms with van der Waals surface area (Å²) >= 11 is 0. The van der Waals surface area contributed by atoms with Gasteiger partial charge in [-0.05, 0) is 36.6 Å². The van der Waals surface area contributed by atoms with Crippen molar-refractivity contribution < 1.29 is 9.59 Å². The molecular formula is C21H21N3O2. The van der Waals surface area contributed by atoms with Crippen molar-refractivity contribution in [3.8, 4) is 0 Å². The number of para-hydroxylation sites is 1. The molecule has 1 aliphatic rings. The number of Topliss-reactive ketones (excluding diaryl/α,β-unsaturated/α-hetero) is 1.